The summed E-state index contributed by atoms with van der Waals surface area (Å²) in [6.07, 6.45) is 2.35. The first-order chi connectivity index (χ1) is 14.3. The van der Waals surface area contributed by atoms with Gasteiger partial charge in [0.05, 0.1) is 30.6 Å². The normalized spacial score (nSPS) is 18.3. The van der Waals surface area contributed by atoms with E-state index in [1.54, 1.807) is 19.3 Å². The van der Waals surface area contributed by atoms with E-state index in [9.17, 15) is 18.7 Å². The standard InChI is InChI=1S/C20H20F2N6O2/c1-20(30)10-27(11-20)15-4-12-7-28(25-18(12)23-6-15)17-5-14(2-3-16(17)22)24-19(29)26-8-13(21)9-26/h2-7,13,30H,8-11H2,1H3,(H,24,29). The first-order valence-corrected chi connectivity index (χ1v) is 9.60. The Balaban J connectivity index is 1.39. The van der Waals surface area contributed by atoms with Gasteiger partial charge in [-0.05, 0) is 31.2 Å². The van der Waals surface area contributed by atoms with Gasteiger partial charge in [-0.3, -0.25) is 0 Å². The Kier molecular flexibility index (Phi) is 4.14. The molecule has 2 amide bonds. The Morgan fingerprint density at radius 1 is 1.30 bits per heavy atom. The Labute approximate surface area is 170 Å². The monoisotopic (exact) mass is 414 g/mol. The number of carbonyl (C=O) groups is 1. The molecule has 0 aliphatic carbocycles. The molecule has 156 valence electrons. The maximum Gasteiger partial charge on any atom is 0.322 e. The third-order valence-corrected chi connectivity index (χ3v) is 5.34. The Morgan fingerprint density at radius 2 is 2.07 bits per heavy atom. The second-order valence-electron chi connectivity index (χ2n) is 8.13. The average Bonchev–Trinajstić information content (AvgIpc) is 3.07. The minimum atomic E-state index is -0.990. The molecule has 8 nitrogen and oxygen atoms in total. The minimum absolute atomic E-state index is 0.0604. The van der Waals surface area contributed by atoms with Crippen LogP contribution in [0.4, 0.5) is 25.0 Å². The Bertz CT molecular complexity index is 1130. The van der Waals surface area contributed by atoms with Crippen LogP contribution in [0.5, 0.6) is 0 Å². The molecular weight excluding hydrogens is 394 g/mol. The fourth-order valence-electron chi connectivity index (χ4n) is 3.72. The third kappa shape index (κ3) is 3.32. The molecule has 5 rings (SSSR count). The van der Waals surface area contributed by atoms with Crippen molar-refractivity contribution in [1.82, 2.24) is 19.7 Å². The molecule has 1 aromatic carbocycles. The van der Waals surface area contributed by atoms with Gasteiger partial charge in [0.2, 0.25) is 0 Å². The number of pyridine rings is 1. The van der Waals surface area contributed by atoms with Crippen LogP contribution in [0, 0.1) is 5.82 Å². The molecule has 3 aromatic rings. The number of halogens is 2. The molecule has 2 saturated heterocycles. The first-order valence-electron chi connectivity index (χ1n) is 9.60. The number of urea groups is 1. The van der Waals surface area contributed by atoms with E-state index in [0.717, 1.165) is 11.1 Å². The van der Waals surface area contributed by atoms with Crippen molar-refractivity contribution in [3.05, 3.63) is 42.5 Å². The topological polar surface area (TPSA) is 86.5 Å². The lowest BCUT2D eigenvalue weighted by molar-refractivity contribution is 0.0310. The van der Waals surface area contributed by atoms with Gasteiger partial charge in [-0.25, -0.2) is 23.2 Å². The lowest BCUT2D eigenvalue weighted by atomic mass is 9.96. The SMILES string of the molecule is CC1(O)CN(c2cnc3nn(-c4cc(NC(=O)N5CC(F)C5)ccc4F)cc3c2)C1. The molecule has 2 aromatic heterocycles. The highest BCUT2D eigenvalue weighted by molar-refractivity contribution is 5.90. The number of benzene rings is 1. The van der Waals surface area contributed by atoms with E-state index in [1.807, 2.05) is 11.0 Å². The summed E-state index contributed by atoms with van der Waals surface area (Å²) in [5.74, 6) is -0.507. The number of fused-ring (bicyclic) bond motifs is 1. The molecule has 0 spiro atoms. The van der Waals surface area contributed by atoms with Crippen LogP contribution in [0.15, 0.2) is 36.7 Å². The molecule has 0 radical (unpaired) electrons. The van der Waals surface area contributed by atoms with Crippen molar-refractivity contribution >= 4 is 28.4 Å². The number of β-amino-alcohol motifs (C(OH)–C–C–N with tert-alkyl or cyclic N) is 1. The van der Waals surface area contributed by atoms with Gasteiger partial charge in [-0.2, -0.15) is 0 Å². The summed E-state index contributed by atoms with van der Waals surface area (Å²) in [4.78, 5) is 19.8. The number of anilines is 2. The van der Waals surface area contributed by atoms with Crippen molar-refractivity contribution in [2.75, 3.05) is 36.4 Å². The largest absolute Gasteiger partial charge is 0.386 e. The van der Waals surface area contributed by atoms with E-state index >= 15 is 0 Å². The van der Waals surface area contributed by atoms with Crippen molar-refractivity contribution in [2.24, 2.45) is 0 Å². The van der Waals surface area contributed by atoms with Gasteiger partial charge >= 0.3 is 6.03 Å². The van der Waals surface area contributed by atoms with Gasteiger partial charge in [0, 0.05) is 30.4 Å². The third-order valence-electron chi connectivity index (χ3n) is 5.34. The zero-order chi connectivity index (χ0) is 21.0. The Morgan fingerprint density at radius 3 is 2.77 bits per heavy atom. The van der Waals surface area contributed by atoms with Gasteiger partial charge in [0.1, 0.15) is 17.7 Å². The van der Waals surface area contributed by atoms with Gasteiger partial charge < -0.3 is 20.2 Å². The van der Waals surface area contributed by atoms with E-state index in [4.69, 9.17) is 0 Å². The number of nitrogens with zero attached hydrogens (tertiary/aromatic N) is 5. The number of likely N-dealkylation sites (tertiary alicyclic amines) is 1. The molecule has 2 N–H and O–H groups in total. The smallest absolute Gasteiger partial charge is 0.322 e. The van der Waals surface area contributed by atoms with E-state index < -0.39 is 23.6 Å². The van der Waals surface area contributed by atoms with Crippen molar-refractivity contribution in [1.29, 1.82) is 0 Å². The van der Waals surface area contributed by atoms with Crippen LogP contribution in [-0.2, 0) is 0 Å². The van der Waals surface area contributed by atoms with Crippen molar-refractivity contribution < 1.29 is 18.7 Å². The molecule has 10 heteroatoms. The molecule has 2 aliphatic heterocycles. The summed E-state index contributed by atoms with van der Waals surface area (Å²) in [6, 6.07) is 5.62. The number of hydrogen-bond donors (Lipinski definition) is 2. The fraction of sp³-hybridized carbons (Fsp3) is 0.350. The molecular formula is C20H20F2N6O2. The van der Waals surface area contributed by atoms with Crippen LogP contribution < -0.4 is 10.2 Å². The highest BCUT2D eigenvalue weighted by Crippen LogP contribution is 2.29. The molecule has 2 aliphatic rings. The average molecular weight is 414 g/mol. The second-order valence-corrected chi connectivity index (χ2v) is 8.13. The van der Waals surface area contributed by atoms with Crippen LogP contribution in [0.2, 0.25) is 0 Å². The molecule has 2 fully saturated rings. The lowest BCUT2D eigenvalue weighted by Gasteiger charge is -2.45. The number of rotatable bonds is 3. The highest BCUT2D eigenvalue weighted by atomic mass is 19.1. The van der Waals surface area contributed by atoms with Gasteiger partial charge in [-0.15, -0.1) is 5.10 Å². The molecule has 0 atom stereocenters. The molecule has 30 heavy (non-hydrogen) atoms. The Hall–Kier alpha value is -3.27. The number of carbonyl (C=O) groups excluding carboxylic acids is 1. The maximum atomic E-state index is 14.5. The maximum absolute atomic E-state index is 14.5. The zero-order valence-electron chi connectivity index (χ0n) is 16.2. The van der Waals surface area contributed by atoms with Crippen molar-refractivity contribution in [2.45, 2.75) is 18.7 Å². The number of aliphatic hydroxyl groups is 1. The lowest BCUT2D eigenvalue weighted by Crippen LogP contribution is -2.60. The van der Waals surface area contributed by atoms with E-state index in [0.29, 0.717) is 24.4 Å². The summed E-state index contributed by atoms with van der Waals surface area (Å²) < 4.78 is 28.8. The minimum Gasteiger partial charge on any atom is -0.386 e. The molecule has 0 bridgehead atoms. The number of aromatic nitrogens is 3. The number of hydrogen-bond acceptors (Lipinski definition) is 5. The first kappa shape index (κ1) is 18.7. The number of nitrogens with one attached hydrogen (secondary N) is 1. The summed E-state index contributed by atoms with van der Waals surface area (Å²) in [5, 5.41) is 17.6. The second kappa shape index (κ2) is 6.63. The summed E-state index contributed by atoms with van der Waals surface area (Å²) in [6.45, 7) is 2.94. The summed E-state index contributed by atoms with van der Waals surface area (Å²) >= 11 is 0. The van der Waals surface area contributed by atoms with Crippen LogP contribution >= 0.6 is 0 Å². The quantitative estimate of drug-likeness (QED) is 0.687. The van der Waals surface area contributed by atoms with Gasteiger partial charge in [0.25, 0.3) is 0 Å². The van der Waals surface area contributed by atoms with Crippen LogP contribution in [-0.4, -0.2) is 68.8 Å². The molecule has 4 heterocycles. The van der Waals surface area contributed by atoms with Crippen molar-refractivity contribution in [3.63, 3.8) is 0 Å². The summed E-state index contributed by atoms with van der Waals surface area (Å²) in [5.41, 5.74) is 1.15. The zero-order valence-corrected chi connectivity index (χ0v) is 16.2. The van der Waals surface area contributed by atoms with Crippen LogP contribution in [0.3, 0.4) is 0 Å². The van der Waals surface area contributed by atoms with Gasteiger partial charge in [0.15, 0.2) is 5.65 Å². The molecule has 0 unspecified atom stereocenters. The predicted molar refractivity (Wildman–Crippen MR) is 107 cm³/mol. The number of amides is 2. The van der Waals surface area contributed by atoms with Crippen molar-refractivity contribution in [3.8, 4) is 5.69 Å². The summed E-state index contributed by atoms with van der Waals surface area (Å²) in [7, 11) is 0. The van der Waals surface area contributed by atoms with E-state index in [1.165, 1.54) is 27.8 Å². The van der Waals surface area contributed by atoms with Gasteiger partial charge in [-0.1, -0.05) is 0 Å². The van der Waals surface area contributed by atoms with Crippen LogP contribution in [0.1, 0.15) is 6.92 Å². The van der Waals surface area contributed by atoms with E-state index in [2.05, 4.69) is 15.4 Å². The predicted octanol–water partition coefficient (Wildman–Crippen LogP) is 2.32. The van der Waals surface area contributed by atoms with Crippen LogP contribution in [0.25, 0.3) is 16.7 Å². The van der Waals surface area contributed by atoms with E-state index in [-0.39, 0.29) is 18.8 Å². The highest BCUT2D eigenvalue weighted by Gasteiger charge is 2.36. The fourth-order valence-corrected chi connectivity index (χ4v) is 3.72. The molecule has 0 saturated carbocycles. The number of alkyl halides is 1.